The largest absolute Gasteiger partial charge is 0.493 e. The quantitative estimate of drug-likeness (QED) is 0.836. The lowest BCUT2D eigenvalue weighted by Gasteiger charge is -2.33. The van der Waals surface area contributed by atoms with E-state index in [-0.39, 0.29) is 11.7 Å². The number of piperidine rings is 1. The summed E-state index contributed by atoms with van der Waals surface area (Å²) in [5, 5.41) is 0. The van der Waals surface area contributed by atoms with E-state index < -0.39 is 0 Å². The lowest BCUT2D eigenvalue weighted by molar-refractivity contribution is -0.134. The first-order valence-corrected chi connectivity index (χ1v) is 8.59. The monoisotopic (exact) mass is 320 g/mol. The van der Waals surface area contributed by atoms with Gasteiger partial charge in [0.2, 0.25) is 5.91 Å². The van der Waals surface area contributed by atoms with Crippen LogP contribution >= 0.6 is 0 Å². The van der Waals surface area contributed by atoms with E-state index in [1.54, 1.807) is 12.1 Å². The molecule has 2 saturated heterocycles. The summed E-state index contributed by atoms with van der Waals surface area (Å²) in [6, 6.07) is 6.10. The van der Waals surface area contributed by atoms with Crippen molar-refractivity contribution in [2.24, 2.45) is 5.92 Å². The topological polar surface area (TPSA) is 32.8 Å². The third-order valence-corrected chi connectivity index (χ3v) is 4.73. The molecule has 1 unspecified atom stereocenters. The van der Waals surface area contributed by atoms with Crippen LogP contribution < -0.4 is 4.74 Å². The molecule has 0 N–H and O–H groups in total. The van der Waals surface area contributed by atoms with Gasteiger partial charge in [-0.25, -0.2) is 4.39 Å². The van der Waals surface area contributed by atoms with E-state index >= 15 is 0 Å². The fourth-order valence-corrected chi connectivity index (χ4v) is 3.40. The Kier molecular flexibility index (Phi) is 5.49. The van der Waals surface area contributed by atoms with E-state index in [1.807, 2.05) is 4.90 Å². The summed E-state index contributed by atoms with van der Waals surface area (Å²) >= 11 is 0. The molecule has 2 fully saturated rings. The highest BCUT2D eigenvalue weighted by Crippen LogP contribution is 2.20. The second-order valence-corrected chi connectivity index (χ2v) is 6.60. The van der Waals surface area contributed by atoms with Gasteiger partial charge in [-0.3, -0.25) is 9.69 Å². The van der Waals surface area contributed by atoms with Crippen LogP contribution in [0.3, 0.4) is 0 Å². The molecule has 2 aliphatic heterocycles. The SMILES string of the molecule is O=C(CN1CCCC1)N1CCCC(COc2ccc(F)cc2)C1. The Morgan fingerprint density at radius 3 is 2.61 bits per heavy atom. The molecule has 1 atom stereocenters. The number of rotatable bonds is 5. The fraction of sp³-hybridized carbons (Fsp3) is 0.611. The molecule has 2 heterocycles. The number of hydrogen-bond acceptors (Lipinski definition) is 3. The summed E-state index contributed by atoms with van der Waals surface area (Å²) in [5.74, 6) is 1.04. The zero-order valence-corrected chi connectivity index (χ0v) is 13.5. The van der Waals surface area contributed by atoms with Gasteiger partial charge in [0.1, 0.15) is 11.6 Å². The molecule has 3 rings (SSSR count). The average Bonchev–Trinajstić information content (AvgIpc) is 3.07. The van der Waals surface area contributed by atoms with Gasteiger partial charge in [-0.2, -0.15) is 0 Å². The zero-order chi connectivity index (χ0) is 16.1. The second kappa shape index (κ2) is 7.77. The number of carbonyl (C=O) groups excluding carboxylic acids is 1. The van der Waals surface area contributed by atoms with E-state index in [0.717, 1.165) is 39.0 Å². The van der Waals surface area contributed by atoms with Crippen molar-refractivity contribution in [2.75, 3.05) is 39.3 Å². The molecule has 0 aliphatic carbocycles. The van der Waals surface area contributed by atoms with Crippen LogP contribution in [-0.2, 0) is 4.79 Å². The zero-order valence-electron chi connectivity index (χ0n) is 13.5. The van der Waals surface area contributed by atoms with E-state index in [1.165, 1.54) is 25.0 Å². The molecule has 126 valence electrons. The molecular weight excluding hydrogens is 295 g/mol. The molecule has 23 heavy (non-hydrogen) atoms. The van der Waals surface area contributed by atoms with Gasteiger partial charge in [-0.15, -0.1) is 0 Å². The van der Waals surface area contributed by atoms with Crippen LogP contribution in [0.2, 0.25) is 0 Å². The molecule has 0 spiro atoms. The molecule has 0 aromatic heterocycles. The number of benzene rings is 1. The van der Waals surface area contributed by atoms with Crippen LogP contribution in [0, 0.1) is 11.7 Å². The first kappa shape index (κ1) is 16.2. The predicted octanol–water partition coefficient (Wildman–Crippen LogP) is 2.54. The first-order valence-electron chi connectivity index (χ1n) is 8.59. The van der Waals surface area contributed by atoms with Gasteiger partial charge in [0.05, 0.1) is 13.2 Å². The average molecular weight is 320 g/mol. The standard InChI is InChI=1S/C18H25FN2O2/c19-16-5-7-17(8-6-16)23-14-15-4-3-11-21(12-15)18(22)13-20-9-1-2-10-20/h5-8,15H,1-4,9-14H2. The van der Waals surface area contributed by atoms with Crippen molar-refractivity contribution in [3.8, 4) is 5.75 Å². The Bertz CT molecular complexity index is 514. The maximum absolute atomic E-state index is 12.9. The van der Waals surface area contributed by atoms with Gasteiger partial charge in [0.15, 0.2) is 0 Å². The normalized spacial score (nSPS) is 22.3. The van der Waals surface area contributed by atoms with Crippen molar-refractivity contribution >= 4 is 5.91 Å². The molecule has 2 aliphatic rings. The Morgan fingerprint density at radius 2 is 1.87 bits per heavy atom. The van der Waals surface area contributed by atoms with Crippen LogP contribution in [0.5, 0.6) is 5.75 Å². The van der Waals surface area contributed by atoms with E-state index in [0.29, 0.717) is 24.8 Å². The number of ether oxygens (including phenoxy) is 1. The first-order chi connectivity index (χ1) is 11.2. The predicted molar refractivity (Wildman–Crippen MR) is 86.9 cm³/mol. The van der Waals surface area contributed by atoms with Gasteiger partial charge in [0.25, 0.3) is 0 Å². The maximum Gasteiger partial charge on any atom is 0.236 e. The molecule has 0 bridgehead atoms. The van der Waals surface area contributed by atoms with Crippen molar-refractivity contribution < 1.29 is 13.9 Å². The Balaban J connectivity index is 1.45. The summed E-state index contributed by atoms with van der Waals surface area (Å²) in [5.41, 5.74) is 0. The van der Waals surface area contributed by atoms with Crippen molar-refractivity contribution in [3.63, 3.8) is 0 Å². The number of nitrogens with zero attached hydrogens (tertiary/aromatic N) is 2. The van der Waals surface area contributed by atoms with Crippen molar-refractivity contribution in [2.45, 2.75) is 25.7 Å². The van der Waals surface area contributed by atoms with Crippen LogP contribution in [0.15, 0.2) is 24.3 Å². The molecule has 0 saturated carbocycles. The third-order valence-electron chi connectivity index (χ3n) is 4.73. The fourth-order valence-electron chi connectivity index (χ4n) is 3.40. The highest BCUT2D eigenvalue weighted by Gasteiger charge is 2.26. The Morgan fingerprint density at radius 1 is 1.13 bits per heavy atom. The minimum Gasteiger partial charge on any atom is -0.493 e. The summed E-state index contributed by atoms with van der Waals surface area (Å²) in [4.78, 5) is 16.7. The van der Waals surface area contributed by atoms with Crippen molar-refractivity contribution in [3.05, 3.63) is 30.1 Å². The van der Waals surface area contributed by atoms with Crippen LogP contribution in [0.4, 0.5) is 4.39 Å². The van der Waals surface area contributed by atoms with E-state index in [2.05, 4.69) is 4.90 Å². The summed E-state index contributed by atoms with van der Waals surface area (Å²) < 4.78 is 18.6. The molecule has 1 aromatic carbocycles. The number of halogens is 1. The molecule has 0 radical (unpaired) electrons. The van der Waals surface area contributed by atoms with Crippen LogP contribution in [-0.4, -0.2) is 55.0 Å². The molecule has 1 aromatic rings. The minimum absolute atomic E-state index is 0.249. The molecule has 1 amide bonds. The number of hydrogen-bond donors (Lipinski definition) is 0. The summed E-state index contributed by atoms with van der Waals surface area (Å²) in [6.45, 7) is 4.88. The lowest BCUT2D eigenvalue weighted by Crippen LogP contribution is -2.45. The number of likely N-dealkylation sites (tertiary alicyclic amines) is 2. The summed E-state index contributed by atoms with van der Waals surface area (Å²) in [7, 11) is 0. The van der Waals surface area contributed by atoms with Crippen LogP contribution in [0.25, 0.3) is 0 Å². The van der Waals surface area contributed by atoms with Gasteiger partial charge < -0.3 is 9.64 Å². The van der Waals surface area contributed by atoms with Crippen molar-refractivity contribution in [1.29, 1.82) is 0 Å². The molecule has 5 heteroatoms. The van der Waals surface area contributed by atoms with Gasteiger partial charge in [0, 0.05) is 19.0 Å². The Hall–Kier alpha value is -1.62. The summed E-state index contributed by atoms with van der Waals surface area (Å²) in [6.07, 6.45) is 4.53. The second-order valence-electron chi connectivity index (χ2n) is 6.60. The maximum atomic E-state index is 12.9. The Labute approximate surface area is 137 Å². The third kappa shape index (κ3) is 4.67. The van der Waals surface area contributed by atoms with Crippen LogP contribution in [0.1, 0.15) is 25.7 Å². The minimum atomic E-state index is -0.256. The highest BCUT2D eigenvalue weighted by molar-refractivity contribution is 5.78. The lowest BCUT2D eigenvalue weighted by atomic mass is 9.99. The van der Waals surface area contributed by atoms with Gasteiger partial charge in [-0.05, 0) is 63.0 Å². The molecule has 4 nitrogen and oxygen atoms in total. The van der Waals surface area contributed by atoms with E-state index in [4.69, 9.17) is 4.74 Å². The van der Waals surface area contributed by atoms with Gasteiger partial charge >= 0.3 is 0 Å². The molecular formula is C18H25FN2O2. The smallest absolute Gasteiger partial charge is 0.236 e. The number of carbonyl (C=O) groups is 1. The van der Waals surface area contributed by atoms with Crippen molar-refractivity contribution in [1.82, 2.24) is 9.80 Å². The number of amides is 1. The van der Waals surface area contributed by atoms with E-state index in [9.17, 15) is 9.18 Å². The highest BCUT2D eigenvalue weighted by atomic mass is 19.1. The van der Waals surface area contributed by atoms with Gasteiger partial charge in [-0.1, -0.05) is 0 Å².